The monoisotopic (exact) mass is 789 g/mol. The zero-order valence-electron chi connectivity index (χ0n) is 63.0. The van der Waals surface area contributed by atoms with Crippen LogP contribution in [-0.2, 0) is 27.9 Å². The number of likely N-dealkylation sites (tertiary alicyclic amines) is 1. The first-order valence-corrected chi connectivity index (χ1v) is 14.9. The molecule has 53 heavy (non-hydrogen) atoms. The number of aliphatic hydroxyl groups is 1. The van der Waals surface area contributed by atoms with E-state index in [2.05, 4.69) is 4.74 Å². The molecule has 0 bridgehead atoms. The van der Waals surface area contributed by atoms with E-state index in [1.807, 2.05) is 0 Å². The van der Waals surface area contributed by atoms with Gasteiger partial charge in [0.05, 0.1) is 51.4 Å². The Morgan fingerprint density at radius 1 is 1.06 bits per heavy atom. The smallest absolute Gasteiger partial charge is 0.384 e. The van der Waals surface area contributed by atoms with Gasteiger partial charge in [-0.05, 0) is 72.1 Å². The van der Waals surface area contributed by atoms with E-state index in [0.717, 1.165) is 0 Å². The predicted molar refractivity (Wildman–Crippen MR) is 198 cm³/mol. The van der Waals surface area contributed by atoms with Crippen molar-refractivity contribution in [1.82, 2.24) is 9.80 Å². The highest BCUT2D eigenvalue weighted by atomic mass is 32.2. The molecule has 0 saturated carbocycles. The van der Waals surface area contributed by atoms with Crippen LogP contribution in [0.15, 0.2) is 95.7 Å². The fourth-order valence-corrected chi connectivity index (χ4v) is 4.80. The molecule has 6 rings (SSSR count). The molecule has 2 aliphatic rings. The topological polar surface area (TPSA) is 56.3 Å². The zero-order chi connectivity index (χ0) is 70.3. The summed E-state index contributed by atoms with van der Waals surface area (Å²) in [6.07, 6.45) is -19.4. The summed E-state index contributed by atoms with van der Waals surface area (Å²) in [7, 11) is -4.10. The van der Waals surface area contributed by atoms with E-state index in [0.29, 0.717) is 6.92 Å². The first kappa shape index (κ1) is 13.5. The Kier molecular flexibility index (Phi) is 4.29. The van der Waals surface area contributed by atoms with Gasteiger partial charge in [0.2, 0.25) is 5.91 Å². The second-order valence-corrected chi connectivity index (χ2v) is 10.7. The Bertz CT molecular complexity index is 3630. The van der Waals surface area contributed by atoms with Crippen LogP contribution in [0.3, 0.4) is 0 Å². The zero-order valence-corrected chi connectivity index (χ0v) is 26.8. The molecule has 0 radical (unpaired) electrons. The van der Waals surface area contributed by atoms with E-state index < -0.39 is 267 Å². The number of ether oxygens (including phenoxy) is 1. The third-order valence-electron chi connectivity index (χ3n) is 6.47. The van der Waals surface area contributed by atoms with Gasteiger partial charge in [0.1, 0.15) is 12.6 Å². The van der Waals surface area contributed by atoms with Gasteiger partial charge in [0, 0.05) is 78.0 Å². The van der Waals surface area contributed by atoms with Gasteiger partial charge in [0.25, 0.3) is 0 Å². The first-order valence-electron chi connectivity index (χ1n) is 32.6. The van der Waals surface area contributed by atoms with E-state index in [1.165, 1.54) is 0 Å². The number of fused-ring (bicyclic) bond motifs is 1. The molecule has 4 aromatic rings. The molecule has 0 aliphatic carbocycles. The molecule has 0 aromatic heterocycles. The predicted octanol–water partition coefficient (Wildman–Crippen LogP) is 8.73. The SMILES string of the molecule is [2H]C1=C(SC([2H])([2H])c2c([2H])c([2H])c([2H])c(F)c2F)N(C([2H])([2H])C(=O)N(C([2H])([2H])c2c([2H])c([2H])c(-c3c([2H])c([2H])c(C(F)(F)F)c([2H])c3[2H])c([2H])c2C)C2([2H])C([2H])([2H])C([2H])([2H])N(C([2H])([2H])C([2H])([2H])OC([2H])([2H])[2H])C([2H])([2H])C2([2H])[2H])c2c([2H])c([2H])c([2H])c([2H])c2C1O. The number of carbonyl (C=O) groups excluding carboxylic acids is 1. The largest absolute Gasteiger partial charge is 0.416 e. The Morgan fingerprint density at radius 3 is 2.53 bits per heavy atom. The van der Waals surface area contributed by atoms with Crippen molar-refractivity contribution in [2.45, 2.75) is 50.2 Å². The van der Waals surface area contributed by atoms with Crippen molar-refractivity contribution in [2.75, 3.05) is 44.5 Å². The van der Waals surface area contributed by atoms with Crippen molar-refractivity contribution >= 4 is 23.4 Å². The summed E-state index contributed by atoms with van der Waals surface area (Å²) in [4.78, 5) is 12.7. The number of hydrogen-bond acceptors (Lipinski definition) is 6. The number of anilines is 1. The van der Waals surface area contributed by atoms with Gasteiger partial charge in [-0.25, -0.2) is 8.78 Å². The lowest BCUT2D eigenvalue weighted by Crippen LogP contribution is -2.50. The Hall–Kier alpha value is -4.23. The second kappa shape index (κ2) is 16.8. The summed E-state index contributed by atoms with van der Waals surface area (Å²) < 4.78 is 401. The van der Waals surface area contributed by atoms with Gasteiger partial charge in [-0.1, -0.05) is 60.4 Å². The number of benzene rings is 4. The van der Waals surface area contributed by atoms with Crippen molar-refractivity contribution in [3.63, 3.8) is 0 Å². The number of carbonyl (C=O) groups is 1. The minimum absolute atomic E-state index is 0.444. The number of nitrogens with zero attached hydrogens (tertiary/aromatic N) is 3. The summed E-state index contributed by atoms with van der Waals surface area (Å²) in [5, 5.41) is 9.77. The van der Waals surface area contributed by atoms with Crippen LogP contribution >= 0.6 is 11.8 Å². The van der Waals surface area contributed by atoms with Crippen LogP contribution in [0.1, 0.15) is 97.4 Å². The number of alkyl halides is 3. The fraction of sp³-hybridized carbons (Fsp3) is 0.341. The standard InChI is InChI=1S/C41H42F5N3O3S/c1-27-22-29(28-12-14-32(15-13-28)41(44,45)46)10-11-30(27)24-48(33-16-18-47(19-17-33)20-21-52-2)38(51)25-49-36-9-4-3-7-34(36)37(50)23-39(49)53-26-31-6-5-8-35(42)40(31)43/h3-15,22-23,33,37,50H,16-21,24-26H2,1-2H3/i2D3,3D,4D,5D,6D,7D,8D,9D,10D,11D,12D,13D,14D,15D,16D2,17D2,18D2,19D2,20D2,21D2,22D,23D,24D2,25D2,26D2,33D. The molecule has 2 aliphatic heterocycles. The number of halogens is 5. The van der Waals surface area contributed by atoms with E-state index in [9.17, 15) is 32.0 Å². The Labute approximate surface area is 362 Å². The van der Waals surface area contributed by atoms with Gasteiger partial charge in [-0.2, -0.15) is 13.2 Å². The minimum Gasteiger partial charge on any atom is -0.384 e. The molecule has 1 fully saturated rings. The highest BCUT2D eigenvalue weighted by Crippen LogP contribution is 2.41. The number of amides is 1. The van der Waals surface area contributed by atoms with Crippen molar-refractivity contribution in [2.24, 2.45) is 0 Å². The van der Waals surface area contributed by atoms with Crippen molar-refractivity contribution in [3.8, 4) is 11.1 Å². The third kappa shape index (κ3) is 9.12. The van der Waals surface area contributed by atoms with Crippen molar-refractivity contribution in [3.05, 3.63) is 135 Å². The van der Waals surface area contributed by atoms with Crippen molar-refractivity contribution < 1.29 is 87.3 Å². The Morgan fingerprint density at radius 2 is 1.79 bits per heavy atom. The van der Waals surface area contributed by atoms with Gasteiger partial charge < -0.3 is 24.5 Å². The van der Waals surface area contributed by atoms with Crippen LogP contribution in [-0.4, -0.2) is 66.4 Å². The summed E-state index contributed by atoms with van der Waals surface area (Å²) in [5.41, 5.74) is -17.6. The summed E-state index contributed by atoms with van der Waals surface area (Å²) >= 11 is -0.934. The highest BCUT2D eigenvalue weighted by molar-refractivity contribution is 8.02. The Balaban J connectivity index is 1.86. The molecule has 6 nitrogen and oxygen atoms in total. The summed E-state index contributed by atoms with van der Waals surface area (Å²) in [5.74, 6) is -8.15. The third-order valence-corrected chi connectivity index (χ3v) is 7.27. The molecule has 1 atom stereocenters. The lowest BCUT2D eigenvalue weighted by atomic mass is 9.97. The number of piperidine rings is 1. The molecule has 2 heterocycles. The van der Waals surface area contributed by atoms with Crippen LogP contribution in [0.4, 0.5) is 27.6 Å². The highest BCUT2D eigenvalue weighted by Gasteiger charge is 2.33. The van der Waals surface area contributed by atoms with Crippen LogP contribution < -0.4 is 4.90 Å². The fourth-order valence-electron chi connectivity index (χ4n) is 4.06. The number of para-hydroxylation sites is 1. The molecule has 1 unspecified atom stereocenters. The molecular formula is C41H42F5N3O3S. The van der Waals surface area contributed by atoms with Gasteiger partial charge >= 0.3 is 6.18 Å². The molecule has 4 aromatic carbocycles. The molecular weight excluding hydrogens is 710 g/mol. The van der Waals surface area contributed by atoms with E-state index in [1.54, 1.807) is 0 Å². The van der Waals surface area contributed by atoms with Crippen LogP contribution in [0.2, 0.25) is 0 Å². The summed E-state index contributed by atoms with van der Waals surface area (Å²) in [6.45, 7) is -29.9. The van der Waals surface area contributed by atoms with Crippen LogP contribution in [0.25, 0.3) is 11.1 Å². The minimum atomic E-state index is -5.64. The average Bonchev–Trinajstić information content (AvgIpc) is 0.653. The molecule has 12 heteroatoms. The van der Waals surface area contributed by atoms with E-state index >= 15 is 13.6 Å². The second-order valence-electron chi connectivity index (χ2n) is 9.87. The number of thioether (sulfide) groups is 1. The lowest BCUT2D eigenvalue weighted by Gasteiger charge is -2.41. The quantitative estimate of drug-likeness (QED) is 0.145. The molecule has 1 N–H and O–H groups in total. The number of rotatable bonds is 12. The normalized spacial score (nSPS) is 33.0. The van der Waals surface area contributed by atoms with Gasteiger partial charge in [0.15, 0.2) is 11.6 Å². The summed E-state index contributed by atoms with van der Waals surface area (Å²) in [6, 6.07) is -31.0. The molecule has 0 spiro atoms. The van der Waals surface area contributed by atoms with Crippen molar-refractivity contribution in [1.29, 1.82) is 0 Å². The molecule has 1 amide bonds. The maximum absolute atomic E-state index is 16.3. The molecule has 280 valence electrons. The average molecular weight is 789 g/mol. The first-order chi connectivity index (χ1) is 40.0. The van der Waals surface area contributed by atoms with Crippen LogP contribution in [0, 0.1) is 18.6 Å². The van der Waals surface area contributed by atoms with Crippen LogP contribution in [0.5, 0.6) is 0 Å². The van der Waals surface area contributed by atoms with E-state index in [4.69, 9.17) is 37.0 Å². The van der Waals surface area contributed by atoms with Gasteiger partial charge in [-0.3, -0.25) is 4.79 Å². The maximum Gasteiger partial charge on any atom is 0.416 e. The van der Waals surface area contributed by atoms with Gasteiger partial charge in [-0.15, -0.1) is 11.8 Å². The number of hydrogen-bond donors (Lipinski definition) is 1. The lowest BCUT2D eigenvalue weighted by molar-refractivity contribution is -0.137. The maximum atomic E-state index is 16.3. The number of methoxy groups -OCH3 is 1. The molecule has 1 saturated heterocycles. The van der Waals surface area contributed by atoms with E-state index in [-0.39, 0.29) is 0 Å². The number of aliphatic hydroxyl groups excluding tert-OH is 1.